The fourth-order valence-electron chi connectivity index (χ4n) is 2.31. The van der Waals surface area contributed by atoms with Crippen molar-refractivity contribution in [1.29, 1.82) is 0 Å². The highest BCUT2D eigenvalue weighted by molar-refractivity contribution is 9.10. The molecule has 0 aliphatic carbocycles. The van der Waals surface area contributed by atoms with E-state index in [9.17, 15) is 9.59 Å². The van der Waals surface area contributed by atoms with Crippen molar-refractivity contribution in [3.05, 3.63) is 69.7 Å². The molecule has 0 saturated carbocycles. The Hall–Kier alpha value is -2.14. The zero-order valence-corrected chi connectivity index (χ0v) is 15.5. The number of rotatable bonds is 6. The molecule has 0 unspecified atom stereocenters. The van der Waals surface area contributed by atoms with Crippen LogP contribution in [0.3, 0.4) is 0 Å². The van der Waals surface area contributed by atoms with Crippen molar-refractivity contribution < 1.29 is 9.59 Å². The lowest BCUT2D eigenvalue weighted by atomic mass is 10.1. The van der Waals surface area contributed by atoms with Crippen LogP contribution in [0.4, 0.5) is 0 Å². The molecule has 0 aliphatic heterocycles. The molecule has 0 saturated heterocycles. The molecule has 0 fully saturated rings. The summed E-state index contributed by atoms with van der Waals surface area (Å²) in [6.45, 7) is 5.00. The number of carbonyl (C=O) groups is 2. The lowest BCUT2D eigenvalue weighted by Gasteiger charge is -2.21. The summed E-state index contributed by atoms with van der Waals surface area (Å²) in [5, 5.41) is 2.86. The van der Waals surface area contributed by atoms with Gasteiger partial charge in [0, 0.05) is 31.0 Å². The molecule has 24 heavy (non-hydrogen) atoms. The Morgan fingerprint density at radius 3 is 2.38 bits per heavy atom. The number of amides is 2. The second-order valence-electron chi connectivity index (χ2n) is 5.66. The largest absolute Gasteiger partial charge is 0.350 e. The first-order valence-electron chi connectivity index (χ1n) is 7.81. The quantitative estimate of drug-likeness (QED) is 0.822. The normalized spacial score (nSPS) is 10.3. The van der Waals surface area contributed by atoms with Crippen LogP contribution in [0.2, 0.25) is 0 Å². The Morgan fingerprint density at radius 2 is 1.75 bits per heavy atom. The molecule has 0 radical (unpaired) electrons. The molecule has 0 bridgehead atoms. The Kier molecular flexibility index (Phi) is 6.55. The molecule has 2 amide bonds. The molecule has 0 atom stereocenters. The molecule has 2 aromatic rings. The minimum absolute atomic E-state index is 0.00860. The molecular weight excluding hydrogens is 368 g/mol. The van der Waals surface area contributed by atoms with Gasteiger partial charge >= 0.3 is 0 Å². The van der Waals surface area contributed by atoms with Crippen molar-refractivity contribution in [2.45, 2.75) is 20.4 Å². The Balaban J connectivity index is 1.90. The van der Waals surface area contributed by atoms with E-state index in [0.29, 0.717) is 25.2 Å². The Morgan fingerprint density at radius 1 is 1.08 bits per heavy atom. The van der Waals surface area contributed by atoms with Crippen LogP contribution in [0.1, 0.15) is 28.4 Å². The van der Waals surface area contributed by atoms with E-state index >= 15 is 0 Å². The van der Waals surface area contributed by atoms with Gasteiger partial charge in [0.25, 0.3) is 5.91 Å². The highest BCUT2D eigenvalue weighted by Crippen LogP contribution is 2.15. The van der Waals surface area contributed by atoms with Crippen molar-refractivity contribution in [3.63, 3.8) is 0 Å². The van der Waals surface area contributed by atoms with Crippen LogP contribution < -0.4 is 5.32 Å². The third kappa shape index (κ3) is 5.20. The third-order valence-corrected chi connectivity index (χ3v) is 4.42. The first-order chi connectivity index (χ1) is 11.5. The average Bonchev–Trinajstić information content (AvgIpc) is 2.56. The summed E-state index contributed by atoms with van der Waals surface area (Å²) in [6.07, 6.45) is 0. The number of nitrogens with one attached hydrogen (secondary N) is 1. The van der Waals surface area contributed by atoms with Gasteiger partial charge in [0.1, 0.15) is 0 Å². The molecule has 1 N–H and O–H groups in total. The van der Waals surface area contributed by atoms with Crippen LogP contribution in [-0.4, -0.2) is 29.8 Å². The first-order valence-corrected chi connectivity index (χ1v) is 8.60. The average molecular weight is 389 g/mol. The summed E-state index contributed by atoms with van der Waals surface area (Å²) in [6, 6.07) is 15.4. The van der Waals surface area contributed by atoms with Crippen LogP contribution in [0, 0.1) is 6.92 Å². The van der Waals surface area contributed by atoms with Crippen LogP contribution in [0.25, 0.3) is 0 Å². The molecule has 2 aromatic carbocycles. The number of benzene rings is 2. The summed E-state index contributed by atoms with van der Waals surface area (Å²) in [5.41, 5.74) is 2.85. The van der Waals surface area contributed by atoms with Gasteiger partial charge in [-0.1, -0.05) is 42.0 Å². The fourth-order valence-corrected chi connectivity index (χ4v) is 2.77. The van der Waals surface area contributed by atoms with Gasteiger partial charge in [-0.05, 0) is 40.5 Å². The highest BCUT2D eigenvalue weighted by Gasteiger charge is 2.12. The second-order valence-corrected chi connectivity index (χ2v) is 6.52. The van der Waals surface area contributed by atoms with E-state index in [0.717, 1.165) is 10.0 Å². The van der Waals surface area contributed by atoms with Crippen LogP contribution in [0.15, 0.2) is 53.0 Å². The van der Waals surface area contributed by atoms with Crippen molar-refractivity contribution in [2.24, 2.45) is 0 Å². The predicted molar refractivity (Wildman–Crippen MR) is 98.7 cm³/mol. The monoisotopic (exact) mass is 388 g/mol. The SMILES string of the molecule is CC(=O)N(CCNC(=O)c1ccccc1Br)Cc1ccc(C)cc1. The second kappa shape index (κ2) is 8.64. The standard InChI is InChI=1S/C19H21BrN2O2/c1-14-7-9-16(10-8-14)13-22(15(2)23)12-11-21-19(24)17-5-3-4-6-18(17)20/h3-10H,11-13H2,1-2H3,(H,21,24). The molecule has 0 spiro atoms. The molecule has 4 nitrogen and oxygen atoms in total. The molecule has 0 heterocycles. The maximum absolute atomic E-state index is 12.2. The van der Waals surface area contributed by atoms with E-state index in [1.165, 1.54) is 5.56 Å². The topological polar surface area (TPSA) is 49.4 Å². The highest BCUT2D eigenvalue weighted by atomic mass is 79.9. The lowest BCUT2D eigenvalue weighted by molar-refractivity contribution is -0.129. The third-order valence-electron chi connectivity index (χ3n) is 3.73. The van der Waals surface area contributed by atoms with E-state index in [1.54, 1.807) is 17.9 Å². The van der Waals surface area contributed by atoms with Gasteiger partial charge in [-0.15, -0.1) is 0 Å². The summed E-state index contributed by atoms with van der Waals surface area (Å²) in [5.74, 6) is -0.160. The first kappa shape index (κ1) is 18.2. The molecule has 2 rings (SSSR count). The van der Waals surface area contributed by atoms with Gasteiger partial charge in [-0.3, -0.25) is 9.59 Å². The number of carbonyl (C=O) groups excluding carboxylic acids is 2. The van der Waals surface area contributed by atoms with Gasteiger partial charge in [0.15, 0.2) is 0 Å². The van der Waals surface area contributed by atoms with Gasteiger partial charge in [-0.2, -0.15) is 0 Å². The molecule has 0 aromatic heterocycles. The van der Waals surface area contributed by atoms with Crippen molar-refractivity contribution in [3.8, 4) is 0 Å². The van der Waals surface area contributed by atoms with E-state index in [2.05, 4.69) is 21.2 Å². The summed E-state index contributed by atoms with van der Waals surface area (Å²) < 4.78 is 0.755. The molecule has 126 valence electrons. The number of halogens is 1. The number of hydrogen-bond acceptors (Lipinski definition) is 2. The van der Waals surface area contributed by atoms with Crippen molar-refractivity contribution in [1.82, 2.24) is 10.2 Å². The minimum Gasteiger partial charge on any atom is -0.350 e. The molecule has 0 aliphatic rings. The maximum atomic E-state index is 12.2. The number of aryl methyl sites for hydroxylation is 1. The van der Waals surface area contributed by atoms with Gasteiger partial charge in [0.2, 0.25) is 5.91 Å². The van der Waals surface area contributed by atoms with E-state index in [1.807, 2.05) is 49.4 Å². The van der Waals surface area contributed by atoms with Crippen LogP contribution in [0.5, 0.6) is 0 Å². The Bertz CT molecular complexity index is 714. The maximum Gasteiger partial charge on any atom is 0.252 e. The van der Waals surface area contributed by atoms with E-state index in [-0.39, 0.29) is 11.8 Å². The number of nitrogens with zero attached hydrogens (tertiary/aromatic N) is 1. The molecule has 5 heteroatoms. The van der Waals surface area contributed by atoms with Crippen LogP contribution in [-0.2, 0) is 11.3 Å². The van der Waals surface area contributed by atoms with E-state index in [4.69, 9.17) is 0 Å². The van der Waals surface area contributed by atoms with Gasteiger partial charge < -0.3 is 10.2 Å². The molecular formula is C19H21BrN2O2. The zero-order chi connectivity index (χ0) is 17.5. The fraction of sp³-hybridized carbons (Fsp3) is 0.263. The van der Waals surface area contributed by atoms with E-state index < -0.39 is 0 Å². The summed E-state index contributed by atoms with van der Waals surface area (Å²) in [7, 11) is 0. The smallest absolute Gasteiger partial charge is 0.252 e. The summed E-state index contributed by atoms with van der Waals surface area (Å²) in [4.78, 5) is 25.7. The zero-order valence-electron chi connectivity index (χ0n) is 13.9. The van der Waals surface area contributed by atoms with Crippen LogP contribution >= 0.6 is 15.9 Å². The Labute approximate surface area is 151 Å². The summed E-state index contributed by atoms with van der Waals surface area (Å²) >= 11 is 3.37. The number of hydrogen-bond donors (Lipinski definition) is 1. The predicted octanol–water partition coefficient (Wildman–Crippen LogP) is 3.54. The van der Waals surface area contributed by atoms with Gasteiger partial charge in [-0.25, -0.2) is 0 Å². The minimum atomic E-state index is -0.152. The van der Waals surface area contributed by atoms with Crippen molar-refractivity contribution in [2.75, 3.05) is 13.1 Å². The van der Waals surface area contributed by atoms with Crippen molar-refractivity contribution >= 4 is 27.7 Å². The van der Waals surface area contributed by atoms with Gasteiger partial charge in [0.05, 0.1) is 5.56 Å². The lowest BCUT2D eigenvalue weighted by Crippen LogP contribution is -2.37.